The SMILES string of the molecule is CC(C)c1cnc(-c2cc(Cl)ccc2F)nc1Nc1ccncc1C(=O)N[C@@H]1CCC[C@H]1OCc1ccccc1. The molecule has 2 heterocycles. The fourth-order valence-corrected chi connectivity index (χ4v) is 5.01. The Morgan fingerprint density at radius 2 is 1.95 bits per heavy atom. The number of carbonyl (C=O) groups excluding carboxylic acids is 1. The normalized spacial score (nSPS) is 16.7. The van der Waals surface area contributed by atoms with Gasteiger partial charge in [-0.2, -0.15) is 0 Å². The first-order valence-electron chi connectivity index (χ1n) is 13.4. The lowest BCUT2D eigenvalue weighted by Crippen LogP contribution is -2.41. The minimum atomic E-state index is -0.475. The number of benzene rings is 2. The van der Waals surface area contributed by atoms with Crippen molar-refractivity contribution >= 4 is 29.0 Å². The molecule has 2 N–H and O–H groups in total. The van der Waals surface area contributed by atoms with E-state index < -0.39 is 5.82 Å². The molecule has 40 heavy (non-hydrogen) atoms. The van der Waals surface area contributed by atoms with Gasteiger partial charge in [0.2, 0.25) is 0 Å². The average Bonchev–Trinajstić information content (AvgIpc) is 3.40. The summed E-state index contributed by atoms with van der Waals surface area (Å²) in [6.45, 7) is 4.53. The van der Waals surface area contributed by atoms with Crippen LogP contribution in [0.1, 0.15) is 60.5 Å². The Balaban J connectivity index is 1.36. The number of nitrogens with zero attached hydrogens (tertiary/aromatic N) is 3. The van der Waals surface area contributed by atoms with Gasteiger partial charge in [0.05, 0.1) is 35.6 Å². The minimum absolute atomic E-state index is 0.0678. The van der Waals surface area contributed by atoms with E-state index in [9.17, 15) is 9.18 Å². The minimum Gasteiger partial charge on any atom is -0.371 e. The van der Waals surface area contributed by atoms with Crippen molar-refractivity contribution in [1.82, 2.24) is 20.3 Å². The predicted octanol–water partition coefficient (Wildman–Crippen LogP) is 7.07. The zero-order chi connectivity index (χ0) is 28.1. The molecule has 5 rings (SSSR count). The zero-order valence-electron chi connectivity index (χ0n) is 22.4. The van der Waals surface area contributed by atoms with Gasteiger partial charge in [-0.25, -0.2) is 14.4 Å². The molecule has 0 aliphatic heterocycles. The Labute approximate surface area is 238 Å². The molecule has 1 aliphatic rings. The first kappa shape index (κ1) is 27.7. The van der Waals surface area contributed by atoms with E-state index in [1.807, 2.05) is 44.2 Å². The van der Waals surface area contributed by atoms with Crippen molar-refractivity contribution in [3.8, 4) is 11.4 Å². The molecule has 0 saturated heterocycles. The van der Waals surface area contributed by atoms with Gasteiger partial charge in [0.25, 0.3) is 5.91 Å². The zero-order valence-corrected chi connectivity index (χ0v) is 23.2. The first-order chi connectivity index (χ1) is 19.4. The number of hydrogen-bond acceptors (Lipinski definition) is 6. The molecule has 0 radical (unpaired) electrons. The molecule has 2 aromatic carbocycles. The lowest BCUT2D eigenvalue weighted by atomic mass is 10.1. The lowest BCUT2D eigenvalue weighted by molar-refractivity contribution is 0.0272. The number of rotatable bonds is 9. The van der Waals surface area contributed by atoms with Gasteiger partial charge in [0.1, 0.15) is 11.6 Å². The van der Waals surface area contributed by atoms with Crippen molar-refractivity contribution in [2.24, 2.45) is 0 Å². The number of hydrogen-bond donors (Lipinski definition) is 2. The number of carbonyl (C=O) groups is 1. The Hall–Kier alpha value is -3.88. The highest BCUT2D eigenvalue weighted by Gasteiger charge is 2.30. The molecule has 0 spiro atoms. The molecule has 1 amide bonds. The molecule has 206 valence electrons. The summed E-state index contributed by atoms with van der Waals surface area (Å²) in [5, 5.41) is 6.83. The Morgan fingerprint density at radius 1 is 1.12 bits per heavy atom. The second kappa shape index (κ2) is 12.5. The third-order valence-corrected chi connectivity index (χ3v) is 7.24. The molecule has 2 atom stereocenters. The van der Waals surface area contributed by atoms with Crippen LogP contribution in [0.25, 0.3) is 11.4 Å². The summed E-state index contributed by atoms with van der Waals surface area (Å²) >= 11 is 6.11. The van der Waals surface area contributed by atoms with Crippen molar-refractivity contribution in [2.75, 3.05) is 5.32 Å². The monoisotopic (exact) mass is 559 g/mol. The second-order valence-corrected chi connectivity index (χ2v) is 10.6. The van der Waals surface area contributed by atoms with Crippen molar-refractivity contribution in [2.45, 2.75) is 57.8 Å². The smallest absolute Gasteiger partial charge is 0.255 e. The van der Waals surface area contributed by atoms with E-state index >= 15 is 0 Å². The van der Waals surface area contributed by atoms with E-state index in [2.05, 4.69) is 25.6 Å². The number of anilines is 2. The largest absolute Gasteiger partial charge is 0.371 e. The van der Waals surface area contributed by atoms with Gasteiger partial charge in [0, 0.05) is 29.2 Å². The standard InChI is InChI=1S/C31H31ClFN5O2/c1-19(2)23-17-35-29(22-15-21(32)11-12-25(22)33)38-30(23)36-26-13-14-34-16-24(26)31(39)37-27-9-6-10-28(27)40-18-20-7-4-3-5-8-20/h3-5,7-8,11-17,19,27-28H,6,9-10,18H2,1-2H3,(H,37,39)(H,34,35,36,38)/t27-,28-/m1/s1. The molecule has 1 aliphatic carbocycles. The van der Waals surface area contributed by atoms with Crippen molar-refractivity contribution in [3.05, 3.63) is 101 Å². The quantitative estimate of drug-likeness (QED) is 0.228. The van der Waals surface area contributed by atoms with Crippen LogP contribution in [-0.2, 0) is 11.3 Å². The summed E-state index contributed by atoms with van der Waals surface area (Å²) in [5.74, 6) is 0.0102. The van der Waals surface area contributed by atoms with Crippen LogP contribution in [0.5, 0.6) is 0 Å². The molecule has 7 nitrogen and oxygen atoms in total. The molecule has 0 unspecified atom stereocenters. The number of nitrogens with one attached hydrogen (secondary N) is 2. The highest BCUT2D eigenvalue weighted by Crippen LogP contribution is 2.31. The highest BCUT2D eigenvalue weighted by molar-refractivity contribution is 6.30. The van der Waals surface area contributed by atoms with Gasteiger partial charge in [-0.15, -0.1) is 0 Å². The van der Waals surface area contributed by atoms with Crippen LogP contribution in [0.3, 0.4) is 0 Å². The van der Waals surface area contributed by atoms with Crippen LogP contribution in [-0.4, -0.2) is 33.0 Å². The molecular weight excluding hydrogens is 529 g/mol. The van der Waals surface area contributed by atoms with Crippen molar-refractivity contribution in [1.29, 1.82) is 0 Å². The number of halogens is 2. The molecule has 1 fully saturated rings. The summed E-state index contributed by atoms with van der Waals surface area (Å²) in [5.41, 5.74) is 3.02. The molecule has 0 bridgehead atoms. The topological polar surface area (TPSA) is 89.0 Å². The number of aromatic nitrogens is 3. The van der Waals surface area contributed by atoms with Gasteiger partial charge in [-0.05, 0) is 55.0 Å². The van der Waals surface area contributed by atoms with Crippen LogP contribution in [0.15, 0.2) is 73.2 Å². The maximum atomic E-state index is 14.6. The van der Waals surface area contributed by atoms with Gasteiger partial charge in [-0.3, -0.25) is 9.78 Å². The maximum absolute atomic E-state index is 14.6. The van der Waals surface area contributed by atoms with Crippen LogP contribution >= 0.6 is 11.6 Å². The van der Waals surface area contributed by atoms with E-state index in [4.69, 9.17) is 16.3 Å². The Kier molecular flexibility index (Phi) is 8.67. The van der Waals surface area contributed by atoms with E-state index in [0.717, 1.165) is 30.4 Å². The fraction of sp³-hybridized carbons (Fsp3) is 0.290. The summed E-state index contributed by atoms with van der Waals surface area (Å²) in [6.07, 6.45) is 7.44. The number of amides is 1. The second-order valence-electron chi connectivity index (χ2n) is 10.2. The number of pyridine rings is 1. The lowest BCUT2D eigenvalue weighted by Gasteiger charge is -2.22. The van der Waals surface area contributed by atoms with Crippen LogP contribution in [0.2, 0.25) is 5.02 Å². The third kappa shape index (κ3) is 6.46. The third-order valence-electron chi connectivity index (χ3n) is 7.00. The average molecular weight is 560 g/mol. The number of ether oxygens (including phenoxy) is 1. The highest BCUT2D eigenvalue weighted by atomic mass is 35.5. The molecule has 9 heteroatoms. The van der Waals surface area contributed by atoms with Crippen LogP contribution < -0.4 is 10.6 Å². The predicted molar refractivity (Wildman–Crippen MR) is 154 cm³/mol. The van der Waals surface area contributed by atoms with Crippen LogP contribution in [0, 0.1) is 5.82 Å². The van der Waals surface area contributed by atoms with E-state index in [0.29, 0.717) is 28.7 Å². The van der Waals surface area contributed by atoms with E-state index in [1.54, 1.807) is 18.5 Å². The Morgan fingerprint density at radius 3 is 2.75 bits per heavy atom. The van der Waals surface area contributed by atoms with Crippen molar-refractivity contribution < 1.29 is 13.9 Å². The summed E-state index contributed by atoms with van der Waals surface area (Å²) in [6, 6.07) is 15.9. The fourth-order valence-electron chi connectivity index (χ4n) is 4.84. The Bertz CT molecular complexity index is 1480. The molecule has 1 saturated carbocycles. The van der Waals surface area contributed by atoms with E-state index in [1.165, 1.54) is 24.4 Å². The van der Waals surface area contributed by atoms with Gasteiger partial charge in [0.15, 0.2) is 5.82 Å². The summed E-state index contributed by atoms with van der Waals surface area (Å²) < 4.78 is 20.8. The maximum Gasteiger partial charge on any atom is 0.255 e. The van der Waals surface area contributed by atoms with Gasteiger partial charge >= 0.3 is 0 Å². The summed E-state index contributed by atoms with van der Waals surface area (Å²) in [4.78, 5) is 26.7. The first-order valence-corrected chi connectivity index (χ1v) is 13.8. The summed E-state index contributed by atoms with van der Waals surface area (Å²) in [7, 11) is 0. The molecule has 4 aromatic rings. The molecule has 2 aromatic heterocycles. The van der Waals surface area contributed by atoms with E-state index in [-0.39, 0.29) is 35.4 Å². The molecular formula is C31H31ClFN5O2. The van der Waals surface area contributed by atoms with Crippen molar-refractivity contribution in [3.63, 3.8) is 0 Å². The van der Waals surface area contributed by atoms with Crippen LogP contribution in [0.4, 0.5) is 15.9 Å². The van der Waals surface area contributed by atoms with Gasteiger partial charge < -0.3 is 15.4 Å². The van der Waals surface area contributed by atoms with Gasteiger partial charge in [-0.1, -0.05) is 55.8 Å².